The van der Waals surface area contributed by atoms with Crippen LogP contribution < -0.4 is 5.32 Å². The summed E-state index contributed by atoms with van der Waals surface area (Å²) in [6, 6.07) is 0. The van der Waals surface area contributed by atoms with Crippen LogP contribution in [0.15, 0.2) is 0 Å². The van der Waals surface area contributed by atoms with Crippen molar-refractivity contribution in [2.75, 3.05) is 13.2 Å². The molecular weight excluding hydrogens is 118 g/mol. The predicted molar refractivity (Wildman–Crippen MR) is 36.0 cm³/mol. The second kappa shape index (κ2) is 6.01. The molecule has 0 bridgehead atoms. The van der Waals surface area contributed by atoms with E-state index in [1.54, 1.807) is 6.92 Å². The molecule has 0 rings (SSSR count). The van der Waals surface area contributed by atoms with E-state index < -0.39 is 6.23 Å². The van der Waals surface area contributed by atoms with E-state index in [1.807, 2.05) is 0 Å². The summed E-state index contributed by atoms with van der Waals surface area (Å²) in [7, 11) is 0. The topological polar surface area (TPSA) is 52.5 Å². The number of aliphatic hydroxyl groups is 2. The van der Waals surface area contributed by atoms with Crippen molar-refractivity contribution < 1.29 is 10.2 Å². The second-order valence-corrected chi connectivity index (χ2v) is 2.06. The van der Waals surface area contributed by atoms with Crippen LogP contribution >= 0.6 is 0 Å². The van der Waals surface area contributed by atoms with Crippen LogP contribution in [0.5, 0.6) is 0 Å². The smallest absolute Gasteiger partial charge is 0.102 e. The van der Waals surface area contributed by atoms with Crippen LogP contribution in [-0.2, 0) is 0 Å². The third-order valence-electron chi connectivity index (χ3n) is 1.02. The van der Waals surface area contributed by atoms with E-state index in [9.17, 15) is 0 Å². The van der Waals surface area contributed by atoms with E-state index in [4.69, 9.17) is 10.2 Å². The van der Waals surface area contributed by atoms with Crippen molar-refractivity contribution in [2.45, 2.75) is 26.0 Å². The molecule has 0 aliphatic heterocycles. The molecule has 0 aromatic carbocycles. The average molecular weight is 133 g/mol. The van der Waals surface area contributed by atoms with Crippen molar-refractivity contribution in [1.82, 2.24) is 5.32 Å². The Morgan fingerprint density at radius 1 is 1.44 bits per heavy atom. The highest BCUT2D eigenvalue weighted by atomic mass is 16.3. The fourth-order valence-electron chi connectivity index (χ4n) is 0.548. The van der Waals surface area contributed by atoms with Gasteiger partial charge in [0.1, 0.15) is 6.23 Å². The molecule has 0 spiro atoms. The van der Waals surface area contributed by atoms with Crippen LogP contribution in [-0.4, -0.2) is 29.6 Å². The summed E-state index contributed by atoms with van der Waals surface area (Å²) in [5.74, 6) is 0. The molecule has 9 heavy (non-hydrogen) atoms. The lowest BCUT2D eigenvalue weighted by atomic mass is 10.3. The minimum absolute atomic E-state index is 0.238. The van der Waals surface area contributed by atoms with Crippen molar-refractivity contribution >= 4 is 0 Å². The maximum atomic E-state index is 8.68. The summed E-state index contributed by atoms with van der Waals surface area (Å²) in [4.78, 5) is 0. The van der Waals surface area contributed by atoms with Gasteiger partial charge in [0.15, 0.2) is 0 Å². The Labute approximate surface area is 55.7 Å². The molecule has 3 N–H and O–H groups in total. The fourth-order valence-corrected chi connectivity index (χ4v) is 0.548. The monoisotopic (exact) mass is 133 g/mol. The van der Waals surface area contributed by atoms with Gasteiger partial charge in [-0.15, -0.1) is 0 Å². The molecule has 0 heterocycles. The van der Waals surface area contributed by atoms with Gasteiger partial charge in [0, 0.05) is 6.61 Å². The SMILES string of the molecule is C[C@H](O)NCCCCO. The summed E-state index contributed by atoms with van der Waals surface area (Å²) in [6.45, 7) is 2.69. The fraction of sp³-hybridized carbons (Fsp3) is 1.00. The van der Waals surface area contributed by atoms with E-state index in [0.717, 1.165) is 19.4 Å². The van der Waals surface area contributed by atoms with Crippen LogP contribution in [0.3, 0.4) is 0 Å². The molecule has 0 saturated carbocycles. The maximum Gasteiger partial charge on any atom is 0.102 e. The van der Waals surface area contributed by atoms with Gasteiger partial charge in [0.2, 0.25) is 0 Å². The quantitative estimate of drug-likeness (QED) is 0.356. The Bertz CT molecular complexity index is 57.0. The maximum absolute atomic E-state index is 8.68. The summed E-state index contributed by atoms with van der Waals surface area (Å²) >= 11 is 0. The highest BCUT2D eigenvalue weighted by Gasteiger charge is 1.90. The molecule has 0 radical (unpaired) electrons. The highest BCUT2D eigenvalue weighted by Crippen LogP contribution is 1.83. The predicted octanol–water partition coefficient (Wildman–Crippen LogP) is -0.313. The molecular formula is C6H15NO2. The van der Waals surface area contributed by atoms with Crippen molar-refractivity contribution in [3.63, 3.8) is 0 Å². The highest BCUT2D eigenvalue weighted by molar-refractivity contribution is 4.46. The first kappa shape index (κ1) is 8.88. The van der Waals surface area contributed by atoms with Crippen LogP contribution in [0.2, 0.25) is 0 Å². The van der Waals surface area contributed by atoms with Crippen LogP contribution in [0.1, 0.15) is 19.8 Å². The lowest BCUT2D eigenvalue weighted by Crippen LogP contribution is -2.26. The number of nitrogens with one attached hydrogen (secondary N) is 1. The third-order valence-corrected chi connectivity index (χ3v) is 1.02. The minimum atomic E-state index is -0.427. The molecule has 0 aliphatic rings. The Morgan fingerprint density at radius 2 is 2.11 bits per heavy atom. The molecule has 0 aromatic rings. The molecule has 0 saturated heterocycles. The van der Waals surface area contributed by atoms with Gasteiger partial charge in [-0.25, -0.2) is 0 Å². The third kappa shape index (κ3) is 7.88. The molecule has 56 valence electrons. The molecule has 0 unspecified atom stereocenters. The Kier molecular flexibility index (Phi) is 5.93. The van der Waals surface area contributed by atoms with E-state index in [0.29, 0.717) is 0 Å². The summed E-state index contributed by atoms with van der Waals surface area (Å²) in [5.41, 5.74) is 0. The number of aliphatic hydroxyl groups excluding tert-OH is 2. The number of rotatable bonds is 5. The van der Waals surface area contributed by atoms with E-state index in [2.05, 4.69) is 5.32 Å². The van der Waals surface area contributed by atoms with Gasteiger partial charge >= 0.3 is 0 Å². The lowest BCUT2D eigenvalue weighted by Gasteiger charge is -2.04. The van der Waals surface area contributed by atoms with Crippen molar-refractivity contribution in [3.05, 3.63) is 0 Å². The molecule has 0 aliphatic carbocycles. The first-order valence-corrected chi connectivity index (χ1v) is 3.29. The lowest BCUT2D eigenvalue weighted by molar-refractivity contribution is 0.155. The first-order valence-electron chi connectivity index (χ1n) is 3.29. The standard InChI is InChI=1S/C6H15NO2/c1-6(9)7-4-2-3-5-8/h6-9H,2-5H2,1H3/t6-/m0/s1. The largest absolute Gasteiger partial charge is 0.396 e. The van der Waals surface area contributed by atoms with E-state index in [-0.39, 0.29) is 6.61 Å². The molecule has 0 amide bonds. The normalized spacial score (nSPS) is 13.7. The summed E-state index contributed by atoms with van der Waals surface area (Å²) in [6.07, 6.45) is 1.30. The molecule has 3 nitrogen and oxygen atoms in total. The summed E-state index contributed by atoms with van der Waals surface area (Å²) in [5, 5.41) is 19.8. The van der Waals surface area contributed by atoms with Gasteiger partial charge in [0.05, 0.1) is 0 Å². The zero-order valence-electron chi connectivity index (χ0n) is 5.80. The Balaban J connectivity index is 2.75. The zero-order chi connectivity index (χ0) is 7.11. The van der Waals surface area contributed by atoms with Crippen molar-refractivity contribution in [2.24, 2.45) is 0 Å². The first-order chi connectivity index (χ1) is 4.27. The van der Waals surface area contributed by atoms with Crippen LogP contribution in [0.4, 0.5) is 0 Å². The van der Waals surface area contributed by atoms with Gasteiger partial charge in [-0.3, -0.25) is 5.32 Å². The minimum Gasteiger partial charge on any atom is -0.396 e. The zero-order valence-corrected chi connectivity index (χ0v) is 5.80. The number of unbranched alkanes of at least 4 members (excludes halogenated alkanes) is 1. The molecule has 0 fully saturated rings. The molecule has 3 heteroatoms. The number of hydrogen-bond donors (Lipinski definition) is 3. The van der Waals surface area contributed by atoms with Gasteiger partial charge in [-0.2, -0.15) is 0 Å². The second-order valence-electron chi connectivity index (χ2n) is 2.06. The van der Waals surface area contributed by atoms with Crippen LogP contribution in [0.25, 0.3) is 0 Å². The van der Waals surface area contributed by atoms with E-state index >= 15 is 0 Å². The summed E-state index contributed by atoms with van der Waals surface area (Å²) < 4.78 is 0. The Morgan fingerprint density at radius 3 is 2.56 bits per heavy atom. The van der Waals surface area contributed by atoms with Crippen LogP contribution in [0, 0.1) is 0 Å². The Hall–Kier alpha value is -0.120. The molecule has 0 aromatic heterocycles. The van der Waals surface area contributed by atoms with Gasteiger partial charge in [-0.1, -0.05) is 0 Å². The van der Waals surface area contributed by atoms with Crippen molar-refractivity contribution in [1.29, 1.82) is 0 Å². The van der Waals surface area contributed by atoms with Crippen molar-refractivity contribution in [3.8, 4) is 0 Å². The van der Waals surface area contributed by atoms with E-state index in [1.165, 1.54) is 0 Å². The van der Waals surface area contributed by atoms with Gasteiger partial charge in [0.25, 0.3) is 0 Å². The molecule has 1 atom stereocenters. The average Bonchev–Trinajstić information content (AvgIpc) is 1.80. The van der Waals surface area contributed by atoms with Gasteiger partial charge < -0.3 is 10.2 Å². The number of hydrogen-bond acceptors (Lipinski definition) is 3. The van der Waals surface area contributed by atoms with Gasteiger partial charge in [-0.05, 0) is 26.3 Å².